The molecule has 2 aromatic carbocycles. The zero-order chi connectivity index (χ0) is 16.7. The van der Waals surface area contributed by atoms with Gasteiger partial charge in [-0.2, -0.15) is 0 Å². The molecule has 0 spiro atoms. The van der Waals surface area contributed by atoms with Crippen LogP contribution in [0.1, 0.15) is 24.0 Å². The van der Waals surface area contributed by atoms with Crippen LogP contribution in [0.4, 0.5) is 0 Å². The maximum Gasteiger partial charge on any atom is 0.234 e. The zero-order valence-electron chi connectivity index (χ0n) is 13.6. The van der Waals surface area contributed by atoms with Crippen LogP contribution in [0.5, 0.6) is 0 Å². The molecular formula is C19H23BrN2O. The van der Waals surface area contributed by atoms with E-state index in [0.29, 0.717) is 19.0 Å². The molecule has 0 fully saturated rings. The second-order valence-corrected chi connectivity index (χ2v) is 6.83. The molecule has 0 bridgehead atoms. The third kappa shape index (κ3) is 6.16. The van der Waals surface area contributed by atoms with Crippen molar-refractivity contribution in [3.63, 3.8) is 0 Å². The van der Waals surface area contributed by atoms with Crippen LogP contribution in [-0.4, -0.2) is 30.9 Å². The van der Waals surface area contributed by atoms with Gasteiger partial charge in [0.15, 0.2) is 0 Å². The molecule has 0 saturated carbocycles. The molecule has 1 N–H and O–H groups in total. The molecule has 0 aromatic heterocycles. The Morgan fingerprint density at radius 2 is 1.78 bits per heavy atom. The number of benzene rings is 2. The van der Waals surface area contributed by atoms with Gasteiger partial charge in [-0.1, -0.05) is 65.3 Å². The van der Waals surface area contributed by atoms with E-state index in [2.05, 4.69) is 52.4 Å². The van der Waals surface area contributed by atoms with Crippen LogP contribution in [0, 0.1) is 0 Å². The summed E-state index contributed by atoms with van der Waals surface area (Å²) in [4.78, 5) is 14.1. The largest absolute Gasteiger partial charge is 0.354 e. The van der Waals surface area contributed by atoms with Crippen molar-refractivity contribution in [3.8, 4) is 0 Å². The van der Waals surface area contributed by atoms with Gasteiger partial charge in [0.25, 0.3) is 0 Å². The minimum Gasteiger partial charge on any atom is -0.354 e. The summed E-state index contributed by atoms with van der Waals surface area (Å²) in [7, 11) is 1.96. The van der Waals surface area contributed by atoms with Gasteiger partial charge in [0.1, 0.15) is 0 Å². The molecule has 2 rings (SSSR count). The minimum atomic E-state index is 0.0624. The average molecular weight is 375 g/mol. The summed E-state index contributed by atoms with van der Waals surface area (Å²) in [5, 5.41) is 3.02. The number of rotatable bonds is 7. The van der Waals surface area contributed by atoms with E-state index < -0.39 is 0 Å². The van der Waals surface area contributed by atoms with E-state index in [9.17, 15) is 4.79 Å². The molecule has 1 atom stereocenters. The number of halogens is 1. The van der Waals surface area contributed by atoms with E-state index in [0.717, 1.165) is 11.0 Å². The third-order valence-electron chi connectivity index (χ3n) is 3.75. The van der Waals surface area contributed by atoms with Crippen molar-refractivity contribution < 1.29 is 4.79 Å². The fraction of sp³-hybridized carbons (Fsp3) is 0.316. The summed E-state index contributed by atoms with van der Waals surface area (Å²) in [6.07, 6.45) is 0. The number of nitrogens with one attached hydrogen (secondary N) is 1. The lowest BCUT2D eigenvalue weighted by molar-refractivity contribution is -0.122. The second-order valence-electron chi connectivity index (χ2n) is 5.91. The van der Waals surface area contributed by atoms with Crippen molar-refractivity contribution in [1.29, 1.82) is 0 Å². The van der Waals surface area contributed by atoms with E-state index in [1.807, 2.05) is 42.3 Å². The van der Waals surface area contributed by atoms with Crippen molar-refractivity contribution >= 4 is 21.8 Å². The molecule has 1 amide bonds. The fourth-order valence-corrected chi connectivity index (χ4v) is 2.69. The monoisotopic (exact) mass is 374 g/mol. The lowest BCUT2D eigenvalue weighted by Crippen LogP contribution is -2.36. The first-order chi connectivity index (χ1) is 11.0. The summed E-state index contributed by atoms with van der Waals surface area (Å²) in [6.45, 7) is 3.95. The SMILES string of the molecule is CC(CNC(=O)CN(C)Cc1ccc(Br)cc1)c1ccccc1. The number of hydrogen-bond acceptors (Lipinski definition) is 2. The van der Waals surface area contributed by atoms with Gasteiger partial charge in [0.05, 0.1) is 6.54 Å². The third-order valence-corrected chi connectivity index (χ3v) is 4.28. The van der Waals surface area contributed by atoms with Crippen LogP contribution in [0.25, 0.3) is 0 Å². The van der Waals surface area contributed by atoms with E-state index in [1.165, 1.54) is 11.1 Å². The van der Waals surface area contributed by atoms with Gasteiger partial charge in [-0.3, -0.25) is 9.69 Å². The Bertz CT molecular complexity index is 613. The van der Waals surface area contributed by atoms with Gasteiger partial charge in [-0.25, -0.2) is 0 Å². The molecule has 23 heavy (non-hydrogen) atoms. The quantitative estimate of drug-likeness (QED) is 0.799. The van der Waals surface area contributed by atoms with Gasteiger partial charge >= 0.3 is 0 Å². The van der Waals surface area contributed by atoms with Gasteiger partial charge in [-0.05, 0) is 36.2 Å². The van der Waals surface area contributed by atoms with Gasteiger partial charge in [0, 0.05) is 17.6 Å². The summed E-state index contributed by atoms with van der Waals surface area (Å²) in [6, 6.07) is 18.4. The molecule has 0 aliphatic carbocycles. The van der Waals surface area contributed by atoms with Crippen LogP contribution >= 0.6 is 15.9 Å². The van der Waals surface area contributed by atoms with E-state index in [4.69, 9.17) is 0 Å². The van der Waals surface area contributed by atoms with Crippen LogP contribution in [0.2, 0.25) is 0 Å². The van der Waals surface area contributed by atoms with Crippen molar-refractivity contribution in [3.05, 3.63) is 70.2 Å². The Kier molecular flexibility index (Phi) is 6.81. The first-order valence-corrected chi connectivity index (χ1v) is 8.58. The topological polar surface area (TPSA) is 32.3 Å². The van der Waals surface area contributed by atoms with Gasteiger partial charge < -0.3 is 5.32 Å². The van der Waals surface area contributed by atoms with Crippen molar-refractivity contribution in [1.82, 2.24) is 10.2 Å². The molecule has 0 heterocycles. The Labute approximate surface area is 146 Å². The van der Waals surface area contributed by atoms with Crippen LogP contribution < -0.4 is 5.32 Å². The normalized spacial score (nSPS) is 12.2. The predicted octanol–water partition coefficient (Wildman–Crippen LogP) is 3.80. The fourth-order valence-electron chi connectivity index (χ4n) is 2.42. The summed E-state index contributed by atoms with van der Waals surface area (Å²) in [5.74, 6) is 0.379. The van der Waals surface area contributed by atoms with E-state index >= 15 is 0 Å². The number of amides is 1. The predicted molar refractivity (Wildman–Crippen MR) is 98.3 cm³/mol. The van der Waals surface area contributed by atoms with Crippen LogP contribution in [0.15, 0.2) is 59.1 Å². The number of nitrogens with zero attached hydrogens (tertiary/aromatic N) is 1. The zero-order valence-corrected chi connectivity index (χ0v) is 15.2. The Balaban J connectivity index is 1.74. The first-order valence-electron chi connectivity index (χ1n) is 7.79. The molecule has 0 aliphatic rings. The number of likely N-dealkylation sites (N-methyl/N-ethyl adjacent to an activating group) is 1. The highest BCUT2D eigenvalue weighted by Gasteiger charge is 2.10. The number of hydrogen-bond donors (Lipinski definition) is 1. The summed E-state index contributed by atoms with van der Waals surface area (Å²) < 4.78 is 1.07. The summed E-state index contributed by atoms with van der Waals surface area (Å²) in [5.41, 5.74) is 2.44. The standard InChI is InChI=1S/C19H23BrN2O/c1-15(17-6-4-3-5-7-17)12-21-19(23)14-22(2)13-16-8-10-18(20)11-9-16/h3-11,15H,12-14H2,1-2H3,(H,21,23). The molecule has 0 aliphatic heterocycles. The number of carbonyl (C=O) groups is 1. The van der Waals surface area contributed by atoms with E-state index in [1.54, 1.807) is 0 Å². The summed E-state index contributed by atoms with van der Waals surface area (Å²) >= 11 is 3.43. The highest BCUT2D eigenvalue weighted by Crippen LogP contribution is 2.13. The Hall–Kier alpha value is -1.65. The Morgan fingerprint density at radius 1 is 1.13 bits per heavy atom. The Morgan fingerprint density at radius 3 is 2.43 bits per heavy atom. The lowest BCUT2D eigenvalue weighted by atomic mass is 10.0. The molecule has 0 saturated heterocycles. The minimum absolute atomic E-state index is 0.0624. The molecule has 1 unspecified atom stereocenters. The molecule has 122 valence electrons. The average Bonchev–Trinajstić information content (AvgIpc) is 2.55. The first kappa shape index (κ1) is 17.7. The van der Waals surface area contributed by atoms with E-state index in [-0.39, 0.29) is 5.91 Å². The van der Waals surface area contributed by atoms with Crippen molar-refractivity contribution in [2.75, 3.05) is 20.1 Å². The van der Waals surface area contributed by atoms with Crippen LogP contribution in [-0.2, 0) is 11.3 Å². The van der Waals surface area contributed by atoms with Crippen LogP contribution in [0.3, 0.4) is 0 Å². The number of carbonyl (C=O) groups excluding carboxylic acids is 1. The highest BCUT2D eigenvalue weighted by atomic mass is 79.9. The smallest absolute Gasteiger partial charge is 0.234 e. The molecule has 0 radical (unpaired) electrons. The maximum absolute atomic E-state index is 12.1. The van der Waals surface area contributed by atoms with Gasteiger partial charge in [-0.15, -0.1) is 0 Å². The highest BCUT2D eigenvalue weighted by molar-refractivity contribution is 9.10. The molecule has 4 heteroatoms. The van der Waals surface area contributed by atoms with Crippen molar-refractivity contribution in [2.24, 2.45) is 0 Å². The molecule has 3 nitrogen and oxygen atoms in total. The molecule has 2 aromatic rings. The maximum atomic E-state index is 12.1. The van der Waals surface area contributed by atoms with Gasteiger partial charge in [0.2, 0.25) is 5.91 Å². The second kappa shape index (κ2) is 8.85. The van der Waals surface area contributed by atoms with Crippen molar-refractivity contribution in [2.45, 2.75) is 19.4 Å². The molecular weight excluding hydrogens is 352 g/mol. The lowest BCUT2D eigenvalue weighted by Gasteiger charge is -2.18.